The topological polar surface area (TPSA) is 44.4 Å². The Morgan fingerprint density at radius 2 is 1.92 bits per heavy atom. The normalized spacial score (nSPS) is 11.5. The number of benzene rings is 1. The third-order valence-corrected chi connectivity index (χ3v) is 4.00. The van der Waals surface area contributed by atoms with Gasteiger partial charge in [-0.15, -0.1) is 0 Å². The lowest BCUT2D eigenvalue weighted by Crippen LogP contribution is -2.39. The highest BCUT2D eigenvalue weighted by Crippen LogP contribution is 2.33. The Hall–Kier alpha value is -1.38. The average molecular weight is 382 g/mol. The molecule has 0 spiro atoms. The van der Waals surface area contributed by atoms with Crippen LogP contribution in [0.25, 0.3) is 0 Å². The zero-order valence-corrected chi connectivity index (χ0v) is 14.9. The van der Waals surface area contributed by atoms with E-state index < -0.39 is 17.6 Å². The predicted octanol–water partition coefficient (Wildman–Crippen LogP) is 3.56. The molecular weight excluding hydrogens is 363 g/mol. The summed E-state index contributed by atoms with van der Waals surface area (Å²) in [5.41, 5.74) is -0.812. The minimum Gasteiger partial charge on any atom is -0.370 e. The fourth-order valence-corrected chi connectivity index (χ4v) is 2.30. The van der Waals surface area contributed by atoms with Gasteiger partial charge < -0.3 is 15.5 Å². The second kappa shape index (κ2) is 9.19. The van der Waals surface area contributed by atoms with Crippen LogP contribution in [0.15, 0.2) is 18.2 Å². The maximum Gasteiger partial charge on any atom is 0.416 e. The number of carbonyl (C=O) groups excluding carboxylic acids is 1. The zero-order valence-electron chi connectivity index (χ0n) is 13.3. The molecule has 0 aliphatic carbocycles. The van der Waals surface area contributed by atoms with Gasteiger partial charge in [0.1, 0.15) is 0 Å². The molecule has 0 saturated heterocycles. The van der Waals surface area contributed by atoms with Crippen molar-refractivity contribution in [1.29, 1.82) is 0 Å². The summed E-state index contributed by atoms with van der Waals surface area (Å²) in [5, 5.41) is 5.01. The standard InChI is InChI=1S/C15H19ClF3N3OS/c1-3-22(4-2)8-7-20-14(24)13(23)21-12-6-5-10(9-11(12)16)15(17,18)19/h5-6,9H,3-4,7-8H2,1-2H3,(H,20,24)(H,21,23). The number of nitrogens with zero attached hydrogens (tertiary/aromatic N) is 1. The van der Waals surface area contributed by atoms with E-state index in [4.69, 9.17) is 23.8 Å². The molecule has 0 saturated carbocycles. The third kappa shape index (κ3) is 6.26. The highest BCUT2D eigenvalue weighted by Gasteiger charge is 2.31. The molecular formula is C15H19ClF3N3OS. The molecule has 0 bridgehead atoms. The second-order valence-corrected chi connectivity index (χ2v) is 5.74. The number of hydrogen-bond donors (Lipinski definition) is 2. The van der Waals surface area contributed by atoms with E-state index in [0.29, 0.717) is 6.54 Å². The van der Waals surface area contributed by atoms with Crippen molar-refractivity contribution < 1.29 is 18.0 Å². The number of thiocarbonyl (C=S) groups is 1. The molecule has 0 fully saturated rings. The van der Waals surface area contributed by atoms with Gasteiger partial charge in [0.05, 0.1) is 16.3 Å². The lowest BCUT2D eigenvalue weighted by Gasteiger charge is -2.18. The SMILES string of the molecule is CCN(CC)CCNC(=S)C(=O)Nc1ccc(C(F)(F)F)cc1Cl. The van der Waals surface area contributed by atoms with Crippen molar-refractivity contribution in [3.63, 3.8) is 0 Å². The number of amides is 1. The predicted molar refractivity (Wildman–Crippen MR) is 93.5 cm³/mol. The molecule has 134 valence electrons. The number of carbonyl (C=O) groups is 1. The third-order valence-electron chi connectivity index (χ3n) is 3.36. The first-order valence-corrected chi connectivity index (χ1v) is 8.15. The molecule has 0 aromatic heterocycles. The molecule has 24 heavy (non-hydrogen) atoms. The Bertz CT molecular complexity index is 592. The van der Waals surface area contributed by atoms with Crippen LogP contribution in [-0.4, -0.2) is 42.0 Å². The quantitative estimate of drug-likeness (QED) is 0.740. The van der Waals surface area contributed by atoms with Gasteiger partial charge in [-0.3, -0.25) is 4.79 Å². The molecule has 0 aliphatic rings. The molecule has 1 amide bonds. The summed E-state index contributed by atoms with van der Waals surface area (Å²) in [7, 11) is 0. The number of anilines is 1. The minimum atomic E-state index is -4.49. The van der Waals surface area contributed by atoms with Gasteiger partial charge in [-0.2, -0.15) is 13.2 Å². The second-order valence-electron chi connectivity index (χ2n) is 4.93. The maximum absolute atomic E-state index is 12.6. The molecule has 2 N–H and O–H groups in total. The Kier molecular flexibility index (Phi) is 7.92. The van der Waals surface area contributed by atoms with Gasteiger partial charge >= 0.3 is 6.18 Å². The Morgan fingerprint density at radius 1 is 1.29 bits per heavy atom. The van der Waals surface area contributed by atoms with Crippen molar-refractivity contribution in [2.75, 3.05) is 31.5 Å². The molecule has 9 heteroatoms. The van der Waals surface area contributed by atoms with Crippen LogP contribution in [0.1, 0.15) is 19.4 Å². The molecule has 4 nitrogen and oxygen atoms in total. The first-order chi connectivity index (χ1) is 11.2. The first kappa shape index (κ1) is 20.7. The Balaban J connectivity index is 2.60. The van der Waals surface area contributed by atoms with E-state index >= 15 is 0 Å². The summed E-state index contributed by atoms with van der Waals surface area (Å²) in [4.78, 5) is 14.1. The summed E-state index contributed by atoms with van der Waals surface area (Å²) in [6.45, 7) is 7.05. The van der Waals surface area contributed by atoms with Crippen molar-refractivity contribution >= 4 is 40.4 Å². The van der Waals surface area contributed by atoms with E-state index in [2.05, 4.69) is 15.5 Å². The Labute approximate surface area is 149 Å². The molecule has 0 heterocycles. The summed E-state index contributed by atoms with van der Waals surface area (Å²) in [5.74, 6) is -0.619. The number of nitrogens with one attached hydrogen (secondary N) is 2. The first-order valence-electron chi connectivity index (χ1n) is 7.37. The summed E-state index contributed by atoms with van der Waals surface area (Å²) < 4.78 is 37.7. The number of rotatable bonds is 6. The lowest BCUT2D eigenvalue weighted by molar-refractivity contribution is -0.137. The minimum absolute atomic E-state index is 0.0434. The molecule has 0 radical (unpaired) electrons. The van der Waals surface area contributed by atoms with Crippen LogP contribution in [0.4, 0.5) is 18.9 Å². The van der Waals surface area contributed by atoms with E-state index in [0.717, 1.165) is 37.8 Å². The van der Waals surface area contributed by atoms with Gasteiger partial charge in [0.2, 0.25) is 0 Å². The summed E-state index contributed by atoms with van der Waals surface area (Å²) >= 11 is 10.7. The summed E-state index contributed by atoms with van der Waals surface area (Å²) in [6, 6.07) is 2.70. The average Bonchev–Trinajstić information content (AvgIpc) is 2.52. The monoisotopic (exact) mass is 381 g/mol. The largest absolute Gasteiger partial charge is 0.416 e. The van der Waals surface area contributed by atoms with Crippen molar-refractivity contribution in [1.82, 2.24) is 10.2 Å². The molecule has 0 atom stereocenters. The van der Waals surface area contributed by atoms with E-state index in [1.54, 1.807) is 0 Å². The van der Waals surface area contributed by atoms with Crippen molar-refractivity contribution in [3.05, 3.63) is 28.8 Å². The summed E-state index contributed by atoms with van der Waals surface area (Å²) in [6.07, 6.45) is -4.49. The van der Waals surface area contributed by atoms with E-state index in [9.17, 15) is 18.0 Å². The van der Waals surface area contributed by atoms with Gasteiger partial charge in [0.15, 0.2) is 4.99 Å². The van der Waals surface area contributed by atoms with Crippen LogP contribution in [0.2, 0.25) is 5.02 Å². The molecule has 0 unspecified atom stereocenters. The van der Waals surface area contributed by atoms with Crippen LogP contribution in [-0.2, 0) is 11.0 Å². The smallest absolute Gasteiger partial charge is 0.370 e. The van der Waals surface area contributed by atoms with E-state index in [1.807, 2.05) is 13.8 Å². The lowest BCUT2D eigenvalue weighted by atomic mass is 10.2. The molecule has 1 aromatic rings. The van der Waals surface area contributed by atoms with Crippen molar-refractivity contribution in [3.8, 4) is 0 Å². The number of hydrogen-bond acceptors (Lipinski definition) is 3. The number of alkyl halides is 3. The van der Waals surface area contributed by atoms with Gasteiger partial charge in [0.25, 0.3) is 5.91 Å². The van der Waals surface area contributed by atoms with E-state index in [-0.39, 0.29) is 15.7 Å². The molecule has 1 rings (SSSR count). The van der Waals surface area contributed by atoms with E-state index in [1.165, 1.54) is 0 Å². The van der Waals surface area contributed by atoms with Gasteiger partial charge in [-0.05, 0) is 31.3 Å². The molecule has 1 aromatic carbocycles. The van der Waals surface area contributed by atoms with Gasteiger partial charge in [0, 0.05) is 13.1 Å². The molecule has 0 aliphatic heterocycles. The van der Waals surface area contributed by atoms with Crippen molar-refractivity contribution in [2.24, 2.45) is 0 Å². The fourth-order valence-electron chi connectivity index (χ4n) is 1.92. The zero-order chi connectivity index (χ0) is 18.3. The van der Waals surface area contributed by atoms with Crippen LogP contribution in [0, 0.1) is 0 Å². The van der Waals surface area contributed by atoms with Crippen LogP contribution in [0.3, 0.4) is 0 Å². The van der Waals surface area contributed by atoms with Crippen LogP contribution < -0.4 is 10.6 Å². The van der Waals surface area contributed by atoms with Crippen LogP contribution in [0.5, 0.6) is 0 Å². The fraction of sp³-hybridized carbons (Fsp3) is 0.467. The highest BCUT2D eigenvalue weighted by atomic mass is 35.5. The van der Waals surface area contributed by atoms with Gasteiger partial charge in [-0.1, -0.05) is 37.7 Å². The van der Waals surface area contributed by atoms with Gasteiger partial charge in [-0.25, -0.2) is 0 Å². The highest BCUT2D eigenvalue weighted by molar-refractivity contribution is 7.82. The Morgan fingerprint density at radius 3 is 2.42 bits per heavy atom. The van der Waals surface area contributed by atoms with Crippen LogP contribution >= 0.6 is 23.8 Å². The number of halogens is 4. The number of likely N-dealkylation sites (N-methyl/N-ethyl adjacent to an activating group) is 1. The maximum atomic E-state index is 12.6. The van der Waals surface area contributed by atoms with Crippen molar-refractivity contribution in [2.45, 2.75) is 20.0 Å².